The predicted octanol–water partition coefficient (Wildman–Crippen LogP) is 3.31. The van der Waals surface area contributed by atoms with Crippen molar-refractivity contribution < 1.29 is 14.3 Å². The third kappa shape index (κ3) is 3.82. The van der Waals surface area contributed by atoms with E-state index in [4.69, 9.17) is 4.74 Å². The van der Waals surface area contributed by atoms with Crippen LogP contribution in [0, 0.1) is 0 Å². The van der Waals surface area contributed by atoms with Gasteiger partial charge >= 0.3 is 0 Å². The van der Waals surface area contributed by atoms with E-state index in [9.17, 15) is 9.59 Å². The topological polar surface area (TPSA) is 58.6 Å². The molecule has 1 heterocycles. The van der Waals surface area contributed by atoms with Crippen LogP contribution >= 0.6 is 0 Å². The van der Waals surface area contributed by atoms with Crippen molar-refractivity contribution in [3.63, 3.8) is 0 Å². The molecule has 1 fully saturated rings. The lowest BCUT2D eigenvalue weighted by atomic mass is 10.1. The molecule has 5 heteroatoms. The zero-order valence-electron chi connectivity index (χ0n) is 14.5. The van der Waals surface area contributed by atoms with Crippen molar-refractivity contribution in [2.24, 2.45) is 0 Å². The molecule has 0 saturated carbocycles. The van der Waals surface area contributed by atoms with Crippen LogP contribution in [0.3, 0.4) is 0 Å². The monoisotopic (exact) mass is 338 g/mol. The number of amides is 2. The zero-order valence-corrected chi connectivity index (χ0v) is 14.5. The fourth-order valence-corrected chi connectivity index (χ4v) is 2.97. The van der Waals surface area contributed by atoms with Crippen molar-refractivity contribution in [1.29, 1.82) is 0 Å². The van der Waals surface area contributed by atoms with E-state index in [0.717, 1.165) is 30.0 Å². The molecule has 1 aliphatic rings. The van der Waals surface area contributed by atoms with Gasteiger partial charge < -0.3 is 15.0 Å². The van der Waals surface area contributed by atoms with Gasteiger partial charge in [-0.3, -0.25) is 9.59 Å². The maximum atomic E-state index is 12.4. The summed E-state index contributed by atoms with van der Waals surface area (Å²) in [5, 5.41) is 2.99. The Balaban J connectivity index is 1.65. The molecule has 130 valence electrons. The molecule has 0 bridgehead atoms. The van der Waals surface area contributed by atoms with Gasteiger partial charge in [0.15, 0.2) is 0 Å². The van der Waals surface area contributed by atoms with Gasteiger partial charge in [-0.25, -0.2) is 0 Å². The Hall–Kier alpha value is -2.82. The summed E-state index contributed by atoms with van der Waals surface area (Å²) < 4.78 is 5.14. The molecular weight excluding hydrogens is 316 g/mol. The fraction of sp³-hybridized carbons (Fsp3) is 0.300. The van der Waals surface area contributed by atoms with Crippen LogP contribution in [0.5, 0.6) is 5.75 Å². The molecule has 2 aromatic carbocycles. The van der Waals surface area contributed by atoms with E-state index in [1.54, 1.807) is 24.1 Å². The molecule has 2 aromatic rings. The second kappa shape index (κ2) is 7.38. The first-order valence-corrected chi connectivity index (χ1v) is 8.44. The molecule has 5 nitrogen and oxygen atoms in total. The standard InChI is InChI=1S/C20H22N2O3/c1-14(15-7-11-18(25-2)12-8-15)21-20(24)16-5-9-17(10-6-16)22-13-3-4-19(22)23/h5-12,14H,3-4,13H2,1-2H3,(H,21,24)/t14-/m0/s1. The van der Waals surface area contributed by atoms with Crippen LogP contribution < -0.4 is 15.0 Å². The summed E-state index contributed by atoms with van der Waals surface area (Å²) in [6, 6.07) is 14.7. The van der Waals surface area contributed by atoms with Crippen molar-refractivity contribution >= 4 is 17.5 Å². The first kappa shape index (κ1) is 17.0. The Labute approximate surface area is 147 Å². The number of nitrogens with zero attached hydrogens (tertiary/aromatic N) is 1. The normalized spacial score (nSPS) is 15.1. The van der Waals surface area contributed by atoms with E-state index in [2.05, 4.69) is 5.32 Å². The third-order valence-corrected chi connectivity index (χ3v) is 4.48. The van der Waals surface area contributed by atoms with Gasteiger partial charge in [0.1, 0.15) is 5.75 Å². The molecule has 0 aliphatic carbocycles. The quantitative estimate of drug-likeness (QED) is 0.910. The van der Waals surface area contributed by atoms with Crippen LogP contribution in [0.2, 0.25) is 0 Å². The number of hydrogen-bond donors (Lipinski definition) is 1. The molecule has 0 unspecified atom stereocenters. The molecule has 25 heavy (non-hydrogen) atoms. The van der Waals surface area contributed by atoms with Crippen LogP contribution in [0.1, 0.15) is 41.7 Å². The molecule has 1 saturated heterocycles. The molecule has 0 radical (unpaired) electrons. The number of rotatable bonds is 5. The number of ether oxygens (including phenoxy) is 1. The van der Waals surface area contributed by atoms with Crippen LogP contribution in [0.4, 0.5) is 5.69 Å². The van der Waals surface area contributed by atoms with E-state index in [1.807, 2.05) is 43.3 Å². The van der Waals surface area contributed by atoms with E-state index in [-0.39, 0.29) is 17.9 Å². The van der Waals surface area contributed by atoms with E-state index >= 15 is 0 Å². The molecule has 1 aliphatic heterocycles. The average molecular weight is 338 g/mol. The molecule has 1 atom stereocenters. The van der Waals surface area contributed by atoms with E-state index in [1.165, 1.54) is 0 Å². The Morgan fingerprint density at radius 2 is 1.80 bits per heavy atom. The van der Waals surface area contributed by atoms with Gasteiger partial charge in [0.2, 0.25) is 5.91 Å². The maximum absolute atomic E-state index is 12.4. The van der Waals surface area contributed by atoms with Gasteiger partial charge in [-0.05, 0) is 55.3 Å². The van der Waals surface area contributed by atoms with E-state index < -0.39 is 0 Å². The smallest absolute Gasteiger partial charge is 0.251 e. The highest BCUT2D eigenvalue weighted by molar-refractivity contribution is 5.97. The van der Waals surface area contributed by atoms with Crippen LogP contribution in [-0.4, -0.2) is 25.5 Å². The highest BCUT2D eigenvalue weighted by Gasteiger charge is 2.21. The summed E-state index contributed by atoms with van der Waals surface area (Å²) in [6.45, 7) is 2.69. The predicted molar refractivity (Wildman–Crippen MR) is 96.9 cm³/mol. The lowest BCUT2D eigenvalue weighted by molar-refractivity contribution is -0.117. The van der Waals surface area contributed by atoms with Gasteiger partial charge in [-0.1, -0.05) is 12.1 Å². The highest BCUT2D eigenvalue weighted by atomic mass is 16.5. The molecule has 1 N–H and O–H groups in total. The molecular formula is C20H22N2O3. The number of methoxy groups -OCH3 is 1. The molecule has 3 rings (SSSR count). The Bertz CT molecular complexity index is 754. The SMILES string of the molecule is COc1ccc([C@H](C)NC(=O)c2ccc(N3CCCC3=O)cc2)cc1. The van der Waals surface area contributed by atoms with Crippen LogP contribution in [0.15, 0.2) is 48.5 Å². The van der Waals surface area contributed by atoms with Crippen LogP contribution in [0.25, 0.3) is 0 Å². The largest absolute Gasteiger partial charge is 0.497 e. The van der Waals surface area contributed by atoms with Gasteiger partial charge in [0.25, 0.3) is 5.91 Å². The first-order chi connectivity index (χ1) is 12.1. The maximum Gasteiger partial charge on any atom is 0.251 e. The molecule has 0 aromatic heterocycles. The Kier molecular flexibility index (Phi) is 5.03. The fourth-order valence-electron chi connectivity index (χ4n) is 2.97. The summed E-state index contributed by atoms with van der Waals surface area (Å²) in [5.74, 6) is 0.794. The summed E-state index contributed by atoms with van der Waals surface area (Å²) in [7, 11) is 1.62. The number of carbonyl (C=O) groups is 2. The summed E-state index contributed by atoms with van der Waals surface area (Å²) in [4.78, 5) is 26.0. The van der Waals surface area contributed by atoms with Gasteiger partial charge in [0, 0.05) is 24.2 Å². The average Bonchev–Trinajstić information content (AvgIpc) is 3.07. The zero-order chi connectivity index (χ0) is 17.8. The van der Waals surface area contributed by atoms with Crippen molar-refractivity contribution in [3.05, 3.63) is 59.7 Å². The summed E-state index contributed by atoms with van der Waals surface area (Å²) >= 11 is 0. The van der Waals surface area contributed by atoms with Gasteiger partial charge in [0.05, 0.1) is 13.2 Å². The Morgan fingerprint density at radius 1 is 1.12 bits per heavy atom. The minimum absolute atomic E-state index is 0.113. The highest BCUT2D eigenvalue weighted by Crippen LogP contribution is 2.22. The molecule has 2 amide bonds. The number of benzene rings is 2. The summed E-state index contributed by atoms with van der Waals surface area (Å²) in [5.41, 5.74) is 2.44. The summed E-state index contributed by atoms with van der Waals surface area (Å²) in [6.07, 6.45) is 1.49. The first-order valence-electron chi connectivity index (χ1n) is 8.44. The minimum atomic E-state index is -0.136. The van der Waals surface area contributed by atoms with Crippen molar-refractivity contribution in [2.75, 3.05) is 18.6 Å². The van der Waals surface area contributed by atoms with Crippen molar-refractivity contribution in [1.82, 2.24) is 5.32 Å². The van der Waals surface area contributed by atoms with E-state index in [0.29, 0.717) is 12.0 Å². The second-order valence-electron chi connectivity index (χ2n) is 6.16. The number of anilines is 1. The Morgan fingerprint density at radius 3 is 2.36 bits per heavy atom. The van der Waals surface area contributed by atoms with Crippen molar-refractivity contribution in [2.45, 2.75) is 25.8 Å². The van der Waals surface area contributed by atoms with Gasteiger partial charge in [-0.15, -0.1) is 0 Å². The van der Waals surface area contributed by atoms with Crippen LogP contribution in [-0.2, 0) is 4.79 Å². The number of carbonyl (C=O) groups excluding carboxylic acids is 2. The molecule has 0 spiro atoms. The second-order valence-corrected chi connectivity index (χ2v) is 6.16. The third-order valence-electron chi connectivity index (χ3n) is 4.48. The lowest BCUT2D eigenvalue weighted by Crippen LogP contribution is -2.27. The lowest BCUT2D eigenvalue weighted by Gasteiger charge is -2.17. The number of nitrogens with one attached hydrogen (secondary N) is 1. The minimum Gasteiger partial charge on any atom is -0.497 e. The van der Waals surface area contributed by atoms with Gasteiger partial charge in [-0.2, -0.15) is 0 Å². The number of hydrogen-bond acceptors (Lipinski definition) is 3. The van der Waals surface area contributed by atoms with Crippen molar-refractivity contribution in [3.8, 4) is 5.75 Å².